The maximum atomic E-state index is 16.2. The van der Waals surface area contributed by atoms with Crippen LogP contribution in [0.2, 0.25) is 6.32 Å². The van der Waals surface area contributed by atoms with Gasteiger partial charge >= 0.3 is 6.92 Å². The Kier molecular flexibility index (Phi) is 12.5. The molecule has 0 bridgehead atoms. The molecule has 1 fully saturated rings. The summed E-state index contributed by atoms with van der Waals surface area (Å²) in [5.41, 5.74) is -13.3. The summed E-state index contributed by atoms with van der Waals surface area (Å²) in [5, 5.41) is 0. The molecule has 0 saturated carbocycles. The van der Waals surface area contributed by atoms with E-state index in [-0.39, 0.29) is 0 Å². The second kappa shape index (κ2) is 16.1. The Morgan fingerprint density at radius 3 is 0.950 bits per heavy atom. The predicted molar refractivity (Wildman–Crippen MR) is 174 cm³/mol. The topological polar surface area (TPSA) is 12.5 Å². The van der Waals surface area contributed by atoms with Gasteiger partial charge in [0.25, 0.3) is 0 Å². The van der Waals surface area contributed by atoms with E-state index in [1.165, 1.54) is 0 Å². The van der Waals surface area contributed by atoms with Gasteiger partial charge in [-0.05, 0) is 53.5 Å². The summed E-state index contributed by atoms with van der Waals surface area (Å²) in [5.74, 6) is -63.9. The van der Waals surface area contributed by atoms with E-state index in [0.717, 1.165) is 0 Å². The number of rotatable bonds is 10. The van der Waals surface area contributed by atoms with Crippen LogP contribution in [-0.4, -0.2) is 35.8 Å². The lowest BCUT2D eigenvalue weighted by Gasteiger charge is -2.54. The predicted octanol–water partition coefficient (Wildman–Crippen LogP) is 8.78. The number of piperidine rings is 1. The fourth-order valence-electron chi connectivity index (χ4n) is 8.10. The Bertz CT molecular complexity index is 2150. The molecule has 2 nitrogen and oxygen atoms in total. The number of halogens is 20. The van der Waals surface area contributed by atoms with Gasteiger partial charge in [-0.15, -0.1) is 17.2 Å². The molecule has 0 atom stereocenters. The molecule has 5 rings (SSSR count). The molecular weight excluding hydrogens is 864 g/mol. The Hall–Kier alpha value is -4.47. The van der Waals surface area contributed by atoms with E-state index in [9.17, 15) is 35.1 Å². The van der Waals surface area contributed by atoms with Gasteiger partial charge in [0.1, 0.15) is 23.3 Å². The van der Waals surface area contributed by atoms with E-state index in [2.05, 4.69) is 0 Å². The van der Waals surface area contributed by atoms with Crippen LogP contribution < -0.4 is 21.9 Å². The number of hydrogen-bond donors (Lipinski definition) is 0. The summed E-state index contributed by atoms with van der Waals surface area (Å²) >= 11 is 0. The second-order valence-corrected chi connectivity index (χ2v) is 15.2. The first-order chi connectivity index (χ1) is 27.6. The average molecular weight is 888 g/mol. The minimum absolute atomic E-state index is 0.348. The van der Waals surface area contributed by atoms with Crippen molar-refractivity contribution in [1.82, 2.24) is 4.90 Å². The largest absolute Gasteiger partial charge is 0.642 e. The molecule has 326 valence electrons. The Balaban J connectivity index is 2.05. The zero-order chi connectivity index (χ0) is 45.5. The number of likely N-dealkylation sites (tertiary alicyclic amines) is 1. The first-order valence-corrected chi connectivity index (χ1v) is 17.3. The molecule has 1 aliphatic rings. The van der Waals surface area contributed by atoms with Crippen LogP contribution in [0.4, 0.5) is 87.8 Å². The van der Waals surface area contributed by atoms with Crippen LogP contribution >= 0.6 is 0 Å². The van der Waals surface area contributed by atoms with Crippen LogP contribution in [0.1, 0.15) is 53.4 Å². The Morgan fingerprint density at radius 2 is 0.667 bits per heavy atom. The first kappa shape index (κ1) is 46.6. The van der Waals surface area contributed by atoms with Crippen molar-refractivity contribution in [1.29, 1.82) is 0 Å². The molecule has 1 heterocycles. The summed E-state index contributed by atoms with van der Waals surface area (Å²) in [7, 11) is 0. The van der Waals surface area contributed by atoms with Crippen molar-refractivity contribution < 1.29 is 92.4 Å². The summed E-state index contributed by atoms with van der Waals surface area (Å²) in [6.07, 6.45) is -7.81. The molecule has 0 amide bonds. The third kappa shape index (κ3) is 7.17. The molecule has 0 aliphatic carbocycles. The van der Waals surface area contributed by atoms with E-state index in [4.69, 9.17) is 4.57 Å². The monoisotopic (exact) mass is 888 g/mol. The zero-order valence-corrected chi connectivity index (χ0v) is 30.8. The van der Waals surface area contributed by atoms with Crippen molar-refractivity contribution in [2.45, 2.75) is 70.8 Å². The molecule has 1 saturated heterocycles. The highest BCUT2D eigenvalue weighted by Gasteiger charge is 2.50. The molecule has 60 heavy (non-hydrogen) atoms. The third-order valence-electron chi connectivity index (χ3n) is 10.8. The van der Waals surface area contributed by atoms with Gasteiger partial charge in [-0.25, -0.2) is 87.8 Å². The maximum Gasteiger partial charge on any atom is 0.329 e. The van der Waals surface area contributed by atoms with Crippen molar-refractivity contribution in [3.8, 4) is 0 Å². The van der Waals surface area contributed by atoms with Crippen LogP contribution in [0, 0.1) is 116 Å². The van der Waals surface area contributed by atoms with Crippen molar-refractivity contribution in [2.24, 2.45) is 0 Å². The van der Waals surface area contributed by atoms with Gasteiger partial charge in [-0.1, -0.05) is 6.42 Å². The minimum Gasteiger partial charge on any atom is -0.642 e. The van der Waals surface area contributed by atoms with Gasteiger partial charge in [0.2, 0.25) is 0 Å². The lowest BCUT2D eigenvalue weighted by molar-refractivity contribution is -0.0264. The lowest BCUT2D eigenvalue weighted by Crippen LogP contribution is -2.71. The summed E-state index contributed by atoms with van der Waals surface area (Å²) in [6.45, 7) is 1.37. The van der Waals surface area contributed by atoms with Crippen LogP contribution in [0.3, 0.4) is 0 Å². The summed E-state index contributed by atoms with van der Waals surface area (Å²) in [4.78, 5) is 1.55. The maximum absolute atomic E-state index is 16.2. The minimum atomic E-state index is -6.01. The molecule has 0 unspecified atom stereocenters. The fourth-order valence-corrected chi connectivity index (χ4v) is 8.10. The Labute approximate surface area is 326 Å². The third-order valence-corrected chi connectivity index (χ3v) is 10.8. The Morgan fingerprint density at radius 1 is 0.417 bits per heavy atom. The van der Waals surface area contributed by atoms with Gasteiger partial charge in [-0.3, -0.25) is 4.90 Å². The van der Waals surface area contributed by atoms with E-state index >= 15 is 52.7 Å². The molecule has 0 spiro atoms. The van der Waals surface area contributed by atoms with Crippen molar-refractivity contribution in [3.63, 3.8) is 0 Å². The second-order valence-electron chi connectivity index (χ2n) is 15.2. The summed E-state index contributed by atoms with van der Waals surface area (Å²) in [6, 6.07) is 0. The highest BCUT2D eigenvalue weighted by molar-refractivity contribution is 7.03. The lowest BCUT2D eigenvalue weighted by atomic mass is 9.27. The van der Waals surface area contributed by atoms with E-state index in [1.54, 1.807) is 32.6 Å². The van der Waals surface area contributed by atoms with Crippen molar-refractivity contribution in [2.75, 3.05) is 6.54 Å². The number of benzene rings is 4. The molecule has 0 radical (unpaired) electrons. The van der Waals surface area contributed by atoms with E-state index in [1.807, 2.05) is 0 Å². The summed E-state index contributed by atoms with van der Waals surface area (Å²) < 4.78 is 309. The van der Waals surface area contributed by atoms with E-state index < -0.39 is 182 Å². The standard InChI is InChI=1S/C36H24B2F20NO/c1-35(2)7-5-8-36(3,4)59(35)10-6-9-38(13-19(43)27(51)33(57)28(52)20(13)44,14-21(45)29(53)34(58)30(54)22(14)46)60-37(11-15(39)23(47)31(55)24(48)16(11)40)12-17(41)25(49)32(56)26(50)18(12)42/h5-10H2,1-4H3/q-1. The van der Waals surface area contributed by atoms with E-state index in [0.29, 0.717) is 19.3 Å². The van der Waals surface area contributed by atoms with Crippen LogP contribution in [0.5, 0.6) is 0 Å². The van der Waals surface area contributed by atoms with Crippen LogP contribution in [0.25, 0.3) is 0 Å². The van der Waals surface area contributed by atoms with Gasteiger partial charge < -0.3 is 4.57 Å². The SMILES string of the molecule is CC1(C)CCCC(C)(C)N1CCC[B-](OB(c1c(F)c(F)c(F)c(F)c1F)c1c(F)c(F)c(F)c(F)c1F)(c1c(F)c(F)c(F)c(F)c1F)c1c(F)c(F)c(F)c(F)c1F. The van der Waals surface area contributed by atoms with Gasteiger partial charge in [0.15, 0.2) is 99.4 Å². The average Bonchev–Trinajstić information content (AvgIpc) is 3.18. The van der Waals surface area contributed by atoms with Crippen molar-refractivity contribution >= 4 is 35.1 Å². The molecule has 1 aliphatic heterocycles. The highest BCUT2D eigenvalue weighted by atomic mass is 19.2. The quantitative estimate of drug-likeness (QED) is 0.0684. The normalized spacial score (nSPS) is 15.6. The molecular formula is C36H24B2F20NO-. The molecule has 0 N–H and O–H groups in total. The van der Waals surface area contributed by atoms with Gasteiger partial charge in [0.05, 0.1) is 0 Å². The molecule has 0 aromatic heterocycles. The molecule has 4 aromatic rings. The number of hydrogen-bond acceptors (Lipinski definition) is 2. The highest BCUT2D eigenvalue weighted by Crippen LogP contribution is 2.39. The van der Waals surface area contributed by atoms with Gasteiger partial charge in [0, 0.05) is 22.0 Å². The van der Waals surface area contributed by atoms with Crippen molar-refractivity contribution in [3.05, 3.63) is 116 Å². The first-order valence-electron chi connectivity index (χ1n) is 17.3. The van der Waals surface area contributed by atoms with Crippen LogP contribution in [0.15, 0.2) is 0 Å². The van der Waals surface area contributed by atoms with Crippen LogP contribution in [-0.2, 0) is 4.57 Å². The fraction of sp³-hybridized carbons (Fsp3) is 0.333. The number of nitrogens with zero attached hydrogens (tertiary/aromatic N) is 1. The molecule has 4 aromatic carbocycles. The molecule has 24 heteroatoms. The van der Waals surface area contributed by atoms with Gasteiger partial charge in [-0.2, -0.15) is 0 Å². The smallest absolute Gasteiger partial charge is 0.329 e. The zero-order valence-electron chi connectivity index (χ0n) is 30.8.